The van der Waals surface area contributed by atoms with Crippen LogP contribution in [0, 0.1) is 13.8 Å². The van der Waals surface area contributed by atoms with Gasteiger partial charge in [-0.15, -0.1) is 0 Å². The molecule has 0 fully saturated rings. The van der Waals surface area contributed by atoms with Crippen molar-refractivity contribution in [3.8, 4) is 0 Å². The highest BCUT2D eigenvalue weighted by Crippen LogP contribution is 2.25. The Labute approximate surface area is 148 Å². The summed E-state index contributed by atoms with van der Waals surface area (Å²) in [6, 6.07) is 18.1. The Bertz CT molecular complexity index is 878. The van der Waals surface area contributed by atoms with Crippen LogP contribution in [0.3, 0.4) is 0 Å². The fraction of sp³-hybridized carbons (Fsp3) is 0.227. The van der Waals surface area contributed by atoms with Crippen molar-refractivity contribution in [1.82, 2.24) is 4.98 Å². The molecule has 3 rings (SSSR count). The number of benzene rings is 2. The number of nitrogens with one attached hydrogen (secondary N) is 1. The summed E-state index contributed by atoms with van der Waals surface area (Å²) in [4.78, 5) is 16.6. The van der Waals surface area contributed by atoms with Crippen molar-refractivity contribution in [2.45, 2.75) is 26.9 Å². The van der Waals surface area contributed by atoms with E-state index in [2.05, 4.69) is 17.1 Å². The summed E-state index contributed by atoms with van der Waals surface area (Å²) in [6.07, 6.45) is 0.741. The number of rotatable bonds is 6. The second-order valence-corrected chi connectivity index (χ2v) is 6.31. The highest BCUT2D eigenvalue weighted by atomic mass is 16.5. The number of ether oxygens (including phenoxy) is 1. The number of hydrogen-bond donors (Lipinski definition) is 1. The third-order valence-electron chi connectivity index (χ3n) is 4.52. The van der Waals surface area contributed by atoms with Crippen molar-refractivity contribution in [2.75, 3.05) is 7.11 Å². The molecule has 1 heterocycles. The molecule has 3 aromatic rings. The number of hydrogen-bond acceptors (Lipinski definition) is 2. The van der Waals surface area contributed by atoms with E-state index in [0.29, 0.717) is 6.61 Å². The number of aryl methyl sites for hydroxylation is 2. The van der Waals surface area contributed by atoms with Gasteiger partial charge in [-0.2, -0.15) is 0 Å². The zero-order valence-corrected chi connectivity index (χ0v) is 14.9. The van der Waals surface area contributed by atoms with Gasteiger partial charge in [0.05, 0.1) is 6.61 Å². The summed E-state index contributed by atoms with van der Waals surface area (Å²) in [6.45, 7) is 4.35. The SMILES string of the molecule is COCc1c(C)[nH]c(C)c1C(=O)c1ccccc1Cc1ccccc1. The first kappa shape index (κ1) is 17.2. The maximum atomic E-state index is 13.3. The van der Waals surface area contributed by atoms with E-state index >= 15 is 0 Å². The largest absolute Gasteiger partial charge is 0.380 e. The van der Waals surface area contributed by atoms with E-state index in [-0.39, 0.29) is 5.78 Å². The summed E-state index contributed by atoms with van der Waals surface area (Å²) >= 11 is 0. The topological polar surface area (TPSA) is 42.1 Å². The molecule has 0 spiro atoms. The molecule has 1 aromatic heterocycles. The van der Waals surface area contributed by atoms with Crippen LogP contribution in [0.1, 0.15) is 44.0 Å². The Balaban J connectivity index is 2.02. The maximum absolute atomic E-state index is 13.3. The van der Waals surface area contributed by atoms with E-state index in [4.69, 9.17) is 4.74 Å². The van der Waals surface area contributed by atoms with Crippen LogP contribution in [-0.2, 0) is 17.8 Å². The standard InChI is InChI=1S/C22H23NO2/c1-15-20(14-25-3)21(16(2)23-15)22(24)19-12-8-7-11-18(19)13-17-9-5-4-6-10-17/h4-12,23H,13-14H2,1-3H3. The third-order valence-corrected chi connectivity index (χ3v) is 4.52. The van der Waals surface area contributed by atoms with Gasteiger partial charge in [-0.3, -0.25) is 4.79 Å². The minimum Gasteiger partial charge on any atom is -0.380 e. The Morgan fingerprint density at radius 3 is 2.36 bits per heavy atom. The van der Waals surface area contributed by atoms with Crippen molar-refractivity contribution in [3.63, 3.8) is 0 Å². The first-order valence-electron chi connectivity index (χ1n) is 8.45. The molecule has 0 atom stereocenters. The van der Waals surface area contributed by atoms with Crippen LogP contribution in [0.2, 0.25) is 0 Å². The minimum atomic E-state index is 0.0560. The zero-order chi connectivity index (χ0) is 17.8. The Hall–Kier alpha value is -2.65. The molecule has 0 saturated carbocycles. The third kappa shape index (κ3) is 3.57. The molecule has 25 heavy (non-hydrogen) atoms. The normalized spacial score (nSPS) is 10.8. The average Bonchev–Trinajstić information content (AvgIpc) is 2.90. The molecule has 0 aliphatic carbocycles. The minimum absolute atomic E-state index is 0.0560. The molecule has 0 unspecified atom stereocenters. The molecule has 1 N–H and O–H groups in total. The first-order chi connectivity index (χ1) is 12.1. The van der Waals surface area contributed by atoms with Crippen LogP contribution in [0.25, 0.3) is 0 Å². The van der Waals surface area contributed by atoms with Gasteiger partial charge in [0.2, 0.25) is 0 Å². The molecule has 0 aliphatic heterocycles. The smallest absolute Gasteiger partial charge is 0.195 e. The summed E-state index contributed by atoms with van der Waals surface area (Å²) in [5.41, 5.74) is 6.56. The molecule has 3 nitrogen and oxygen atoms in total. The molecular formula is C22H23NO2. The highest BCUT2D eigenvalue weighted by Gasteiger charge is 2.22. The first-order valence-corrected chi connectivity index (χ1v) is 8.45. The summed E-state index contributed by atoms with van der Waals surface area (Å²) in [7, 11) is 1.65. The number of carbonyl (C=O) groups excluding carboxylic acids is 1. The van der Waals surface area contributed by atoms with Gasteiger partial charge in [0.1, 0.15) is 0 Å². The molecule has 0 radical (unpaired) electrons. The molecule has 0 aliphatic rings. The van der Waals surface area contributed by atoms with E-state index in [1.54, 1.807) is 7.11 Å². The average molecular weight is 333 g/mol. The van der Waals surface area contributed by atoms with Gasteiger partial charge >= 0.3 is 0 Å². The Morgan fingerprint density at radius 1 is 0.960 bits per heavy atom. The van der Waals surface area contributed by atoms with Crippen LogP contribution in [0.4, 0.5) is 0 Å². The van der Waals surface area contributed by atoms with Crippen molar-refractivity contribution in [1.29, 1.82) is 0 Å². The molecule has 0 amide bonds. The van der Waals surface area contributed by atoms with Gasteiger partial charge in [0, 0.05) is 35.2 Å². The van der Waals surface area contributed by atoms with E-state index in [0.717, 1.165) is 40.1 Å². The molecule has 3 heteroatoms. The van der Waals surface area contributed by atoms with E-state index in [1.807, 2.05) is 56.3 Å². The lowest BCUT2D eigenvalue weighted by atomic mass is 9.92. The predicted molar refractivity (Wildman–Crippen MR) is 100 cm³/mol. The Morgan fingerprint density at radius 2 is 1.64 bits per heavy atom. The quantitative estimate of drug-likeness (QED) is 0.670. The molecule has 0 bridgehead atoms. The van der Waals surface area contributed by atoms with Crippen LogP contribution in [0.15, 0.2) is 54.6 Å². The summed E-state index contributed by atoms with van der Waals surface area (Å²) < 4.78 is 5.30. The maximum Gasteiger partial charge on any atom is 0.195 e. The van der Waals surface area contributed by atoms with Crippen LogP contribution in [0.5, 0.6) is 0 Å². The van der Waals surface area contributed by atoms with E-state index in [9.17, 15) is 4.79 Å². The molecular weight excluding hydrogens is 310 g/mol. The molecule has 2 aromatic carbocycles. The number of aromatic amines is 1. The van der Waals surface area contributed by atoms with Crippen LogP contribution >= 0.6 is 0 Å². The highest BCUT2D eigenvalue weighted by molar-refractivity contribution is 6.11. The molecule has 128 valence electrons. The molecule has 0 saturated heterocycles. The summed E-state index contributed by atoms with van der Waals surface area (Å²) in [5, 5.41) is 0. The van der Waals surface area contributed by atoms with Crippen LogP contribution in [-0.4, -0.2) is 17.9 Å². The monoisotopic (exact) mass is 333 g/mol. The number of carbonyl (C=O) groups is 1. The van der Waals surface area contributed by atoms with Gasteiger partial charge in [-0.05, 0) is 31.4 Å². The van der Waals surface area contributed by atoms with Gasteiger partial charge in [-0.1, -0.05) is 54.6 Å². The van der Waals surface area contributed by atoms with Gasteiger partial charge < -0.3 is 9.72 Å². The lowest BCUT2D eigenvalue weighted by molar-refractivity contribution is 0.103. The van der Waals surface area contributed by atoms with E-state index < -0.39 is 0 Å². The van der Waals surface area contributed by atoms with Gasteiger partial charge in [-0.25, -0.2) is 0 Å². The second kappa shape index (κ2) is 7.49. The number of methoxy groups -OCH3 is 1. The van der Waals surface area contributed by atoms with Gasteiger partial charge in [0.25, 0.3) is 0 Å². The van der Waals surface area contributed by atoms with E-state index in [1.165, 1.54) is 5.56 Å². The second-order valence-electron chi connectivity index (χ2n) is 6.31. The van der Waals surface area contributed by atoms with Crippen molar-refractivity contribution in [3.05, 3.63) is 93.8 Å². The van der Waals surface area contributed by atoms with Crippen molar-refractivity contribution in [2.24, 2.45) is 0 Å². The van der Waals surface area contributed by atoms with Crippen LogP contribution < -0.4 is 0 Å². The lowest BCUT2D eigenvalue weighted by Crippen LogP contribution is -2.09. The fourth-order valence-electron chi connectivity index (χ4n) is 3.31. The fourth-order valence-corrected chi connectivity index (χ4v) is 3.31. The van der Waals surface area contributed by atoms with Gasteiger partial charge in [0.15, 0.2) is 5.78 Å². The van der Waals surface area contributed by atoms with Crippen molar-refractivity contribution >= 4 is 5.78 Å². The predicted octanol–water partition coefficient (Wildman–Crippen LogP) is 4.60. The summed E-state index contributed by atoms with van der Waals surface area (Å²) in [5.74, 6) is 0.0560. The number of ketones is 1. The Kier molecular flexibility index (Phi) is 5.15. The van der Waals surface area contributed by atoms with Crippen molar-refractivity contribution < 1.29 is 9.53 Å². The lowest BCUT2D eigenvalue weighted by Gasteiger charge is -2.11. The zero-order valence-electron chi connectivity index (χ0n) is 14.9. The number of aromatic nitrogens is 1. The number of H-pyrrole nitrogens is 1.